The fourth-order valence-corrected chi connectivity index (χ4v) is 3.29. The van der Waals surface area contributed by atoms with Gasteiger partial charge in [0.05, 0.1) is 5.02 Å². The van der Waals surface area contributed by atoms with E-state index >= 15 is 0 Å². The van der Waals surface area contributed by atoms with Crippen LogP contribution in [0.2, 0.25) is 10.2 Å². The molecular formula is C16H14Cl2N4OS. The van der Waals surface area contributed by atoms with Crippen molar-refractivity contribution in [3.8, 4) is 0 Å². The smallest absolute Gasteiger partial charge is 0.272 e. The number of aryl methyl sites for hydroxylation is 1. The molecule has 1 amide bonds. The fourth-order valence-electron chi connectivity index (χ4n) is 2.12. The Morgan fingerprint density at radius 3 is 2.46 bits per heavy atom. The first-order valence-corrected chi connectivity index (χ1v) is 8.60. The lowest BCUT2D eigenvalue weighted by Gasteiger charge is -2.07. The van der Waals surface area contributed by atoms with Gasteiger partial charge in [-0.2, -0.15) is 0 Å². The highest BCUT2D eigenvalue weighted by Crippen LogP contribution is 2.28. The van der Waals surface area contributed by atoms with Gasteiger partial charge in [-0.05, 0) is 30.3 Å². The van der Waals surface area contributed by atoms with Crippen molar-refractivity contribution in [1.29, 1.82) is 0 Å². The summed E-state index contributed by atoms with van der Waals surface area (Å²) in [7, 11) is 3.63. The van der Waals surface area contributed by atoms with Crippen molar-refractivity contribution >= 4 is 46.6 Å². The number of benzene rings is 1. The van der Waals surface area contributed by atoms with Crippen LogP contribution in [-0.4, -0.2) is 20.0 Å². The van der Waals surface area contributed by atoms with Gasteiger partial charge < -0.3 is 14.5 Å². The van der Waals surface area contributed by atoms with E-state index in [1.54, 1.807) is 35.6 Å². The Morgan fingerprint density at radius 1 is 1.21 bits per heavy atom. The van der Waals surface area contributed by atoms with Crippen LogP contribution in [0.15, 0.2) is 52.8 Å². The summed E-state index contributed by atoms with van der Waals surface area (Å²) in [5, 5.41) is 4.42. The third-order valence-corrected chi connectivity index (χ3v) is 5.37. The molecule has 1 N–H and O–H groups in total. The van der Waals surface area contributed by atoms with Crippen LogP contribution in [0, 0.1) is 0 Å². The first-order valence-electron chi connectivity index (χ1n) is 7.03. The Balaban J connectivity index is 1.71. The zero-order valence-corrected chi connectivity index (χ0v) is 15.3. The van der Waals surface area contributed by atoms with E-state index in [2.05, 4.69) is 10.3 Å². The first kappa shape index (κ1) is 17.0. The van der Waals surface area contributed by atoms with Gasteiger partial charge in [-0.1, -0.05) is 35.0 Å². The lowest BCUT2D eigenvalue weighted by atomic mass is 10.3. The molecule has 0 saturated carbocycles. The van der Waals surface area contributed by atoms with Crippen molar-refractivity contribution in [3.05, 3.63) is 58.6 Å². The minimum atomic E-state index is -0.268. The van der Waals surface area contributed by atoms with E-state index in [1.165, 1.54) is 0 Å². The molecule has 0 radical (unpaired) electrons. The van der Waals surface area contributed by atoms with E-state index in [9.17, 15) is 4.79 Å². The number of rotatable bonds is 4. The minimum absolute atomic E-state index is 0.268. The normalized spacial score (nSPS) is 10.8. The molecule has 0 bridgehead atoms. The average Bonchev–Trinajstić information content (AvgIpc) is 3.08. The van der Waals surface area contributed by atoms with Crippen LogP contribution >= 0.6 is 35.0 Å². The molecule has 0 saturated heterocycles. The molecule has 8 heteroatoms. The largest absolute Gasteiger partial charge is 0.329 e. The summed E-state index contributed by atoms with van der Waals surface area (Å²) in [4.78, 5) is 17.6. The van der Waals surface area contributed by atoms with Gasteiger partial charge in [-0.25, -0.2) is 4.98 Å². The molecule has 0 aliphatic heterocycles. The number of nitrogens with one attached hydrogen (secondary N) is 1. The predicted molar refractivity (Wildman–Crippen MR) is 97.2 cm³/mol. The van der Waals surface area contributed by atoms with E-state index in [4.69, 9.17) is 23.2 Å². The molecular weight excluding hydrogens is 367 g/mol. The highest BCUT2D eigenvalue weighted by atomic mass is 35.5. The number of hydrogen-bond donors (Lipinski definition) is 1. The lowest BCUT2D eigenvalue weighted by Crippen LogP contribution is -2.15. The van der Waals surface area contributed by atoms with Gasteiger partial charge >= 0.3 is 0 Å². The van der Waals surface area contributed by atoms with Crippen molar-refractivity contribution < 1.29 is 4.79 Å². The Hall–Kier alpha value is -1.89. The molecule has 0 spiro atoms. The van der Waals surface area contributed by atoms with Crippen molar-refractivity contribution in [2.75, 3.05) is 5.32 Å². The lowest BCUT2D eigenvalue weighted by molar-refractivity contribution is 0.101. The predicted octanol–water partition coefficient (Wildman–Crippen LogP) is 4.47. The summed E-state index contributed by atoms with van der Waals surface area (Å²) in [5.74, 6) is -0.268. The molecule has 0 unspecified atom stereocenters. The van der Waals surface area contributed by atoms with E-state index in [1.807, 2.05) is 42.1 Å². The number of amides is 1. The van der Waals surface area contributed by atoms with Gasteiger partial charge in [-0.15, -0.1) is 0 Å². The maximum absolute atomic E-state index is 12.3. The number of aromatic nitrogens is 3. The van der Waals surface area contributed by atoms with Crippen molar-refractivity contribution in [1.82, 2.24) is 14.1 Å². The summed E-state index contributed by atoms with van der Waals surface area (Å²) >= 11 is 13.5. The van der Waals surface area contributed by atoms with Crippen molar-refractivity contribution in [2.24, 2.45) is 14.1 Å². The summed E-state index contributed by atoms with van der Waals surface area (Å²) in [6.07, 6.45) is 3.65. The highest BCUT2D eigenvalue weighted by molar-refractivity contribution is 7.99. The van der Waals surface area contributed by atoms with Crippen molar-refractivity contribution in [2.45, 2.75) is 10.1 Å². The van der Waals surface area contributed by atoms with Gasteiger partial charge in [0.1, 0.15) is 10.8 Å². The average molecular weight is 381 g/mol. The monoisotopic (exact) mass is 380 g/mol. The molecule has 5 nitrogen and oxygen atoms in total. The molecule has 0 fully saturated rings. The molecule has 0 atom stereocenters. The van der Waals surface area contributed by atoms with Crippen LogP contribution in [0.4, 0.5) is 5.69 Å². The maximum atomic E-state index is 12.3. The molecule has 1 aromatic carbocycles. The third kappa shape index (κ3) is 3.45. The van der Waals surface area contributed by atoms with E-state index in [0.717, 1.165) is 10.1 Å². The van der Waals surface area contributed by atoms with E-state index < -0.39 is 0 Å². The zero-order valence-electron chi connectivity index (χ0n) is 13.0. The number of nitrogens with zero attached hydrogens (tertiary/aromatic N) is 3. The highest BCUT2D eigenvalue weighted by Gasteiger charge is 2.15. The summed E-state index contributed by atoms with van der Waals surface area (Å²) in [6, 6.07) is 9.09. The molecule has 0 aliphatic rings. The molecule has 3 rings (SSSR count). The fraction of sp³-hybridized carbons (Fsp3) is 0.125. The molecule has 124 valence electrons. The minimum Gasteiger partial charge on any atom is -0.329 e. The van der Waals surface area contributed by atoms with Gasteiger partial charge in [0, 0.05) is 37.1 Å². The second-order valence-electron chi connectivity index (χ2n) is 5.13. The Kier molecular flexibility index (Phi) is 4.89. The molecule has 3 aromatic rings. The summed E-state index contributed by atoms with van der Waals surface area (Å²) in [5.41, 5.74) is 1.09. The van der Waals surface area contributed by atoms with Crippen LogP contribution in [0.1, 0.15) is 10.5 Å². The summed E-state index contributed by atoms with van der Waals surface area (Å²) < 4.78 is 3.49. The summed E-state index contributed by atoms with van der Waals surface area (Å²) in [6.45, 7) is 0. The second-order valence-corrected chi connectivity index (χ2v) is 6.93. The van der Waals surface area contributed by atoms with Gasteiger partial charge in [0.15, 0.2) is 5.16 Å². The quantitative estimate of drug-likeness (QED) is 0.726. The van der Waals surface area contributed by atoms with Gasteiger partial charge in [-0.3, -0.25) is 4.79 Å². The Morgan fingerprint density at radius 2 is 1.92 bits per heavy atom. The van der Waals surface area contributed by atoms with Gasteiger partial charge in [0.2, 0.25) is 0 Å². The number of hydrogen-bond acceptors (Lipinski definition) is 3. The SMILES string of the molecule is Cn1ccnc1Sc1ccc(NC(=O)c2cc(Cl)c(Cl)n2C)cc1. The topological polar surface area (TPSA) is 51.9 Å². The van der Waals surface area contributed by atoms with Crippen LogP contribution in [-0.2, 0) is 14.1 Å². The van der Waals surface area contributed by atoms with Crippen LogP contribution in [0.3, 0.4) is 0 Å². The van der Waals surface area contributed by atoms with Crippen LogP contribution in [0.5, 0.6) is 0 Å². The van der Waals surface area contributed by atoms with Crippen molar-refractivity contribution in [3.63, 3.8) is 0 Å². The molecule has 0 aliphatic carbocycles. The number of carbonyl (C=O) groups is 1. The number of carbonyl (C=O) groups excluding carboxylic acids is 1. The zero-order chi connectivity index (χ0) is 17.3. The maximum Gasteiger partial charge on any atom is 0.272 e. The van der Waals surface area contributed by atoms with E-state index in [0.29, 0.717) is 21.6 Å². The van der Waals surface area contributed by atoms with E-state index in [-0.39, 0.29) is 5.91 Å². The second kappa shape index (κ2) is 6.93. The van der Waals surface area contributed by atoms with Crippen LogP contribution in [0.25, 0.3) is 0 Å². The first-order chi connectivity index (χ1) is 11.5. The number of halogens is 2. The standard InChI is InChI=1S/C16H14Cl2N4OS/c1-21-8-7-19-16(21)24-11-5-3-10(4-6-11)20-15(23)13-9-12(17)14(18)22(13)2/h3-9H,1-2H3,(H,20,23). The molecule has 2 aromatic heterocycles. The number of imidazole rings is 1. The van der Waals surface area contributed by atoms with Crippen LogP contribution < -0.4 is 5.32 Å². The molecule has 2 heterocycles. The number of anilines is 1. The Bertz CT molecular complexity index is 886. The Labute approximate surface area is 153 Å². The molecule has 24 heavy (non-hydrogen) atoms. The van der Waals surface area contributed by atoms with Gasteiger partial charge in [0.25, 0.3) is 5.91 Å². The third-order valence-electron chi connectivity index (χ3n) is 3.45.